The lowest BCUT2D eigenvalue weighted by molar-refractivity contribution is -0.132. The summed E-state index contributed by atoms with van der Waals surface area (Å²) in [6.07, 6.45) is 1.92. The smallest absolute Gasteiger partial charge is 0.331 e. The fraction of sp³-hybridized carbons (Fsp3) is 0.455. The molecule has 0 heterocycles. The summed E-state index contributed by atoms with van der Waals surface area (Å²) in [5.74, 6) is -2.58. The molecule has 0 amide bonds. The van der Waals surface area contributed by atoms with E-state index in [1.807, 2.05) is 0 Å². The number of carbonyl (C=O) groups is 2. The maximum Gasteiger partial charge on any atom is 0.331 e. The average molecular weight is 276 g/mol. The maximum absolute atomic E-state index is 10.4. The minimum absolute atomic E-state index is 0.651. The Kier molecular flexibility index (Phi) is 7.42. The van der Waals surface area contributed by atoms with Crippen molar-refractivity contribution in [2.45, 2.75) is 6.10 Å². The molecule has 8 nitrogen and oxygen atoms in total. The first kappa shape index (κ1) is 17.1. The third-order valence-electron chi connectivity index (χ3n) is 2.40. The van der Waals surface area contributed by atoms with Crippen LogP contribution in [0.1, 0.15) is 0 Å². The summed E-state index contributed by atoms with van der Waals surface area (Å²) in [6.45, 7) is -2.05. The first-order valence-corrected chi connectivity index (χ1v) is 5.20. The molecule has 1 atom stereocenters. The molecule has 1 unspecified atom stereocenters. The molecule has 0 aromatic heterocycles. The monoisotopic (exact) mass is 276 g/mol. The van der Waals surface area contributed by atoms with E-state index in [0.29, 0.717) is 12.2 Å². The maximum atomic E-state index is 10.4. The van der Waals surface area contributed by atoms with Crippen LogP contribution in [0.2, 0.25) is 0 Å². The van der Waals surface area contributed by atoms with Crippen LogP contribution in [0.15, 0.2) is 24.5 Å². The van der Waals surface area contributed by atoms with Gasteiger partial charge in [0, 0.05) is 6.08 Å². The van der Waals surface area contributed by atoms with E-state index in [1.165, 1.54) is 0 Å². The minimum Gasteiger partial charge on any atom is -0.493 e. The molecule has 0 saturated heterocycles. The van der Waals surface area contributed by atoms with Crippen molar-refractivity contribution in [3.05, 3.63) is 24.5 Å². The topological polar surface area (TPSA) is 145 Å². The lowest BCUT2D eigenvalue weighted by atomic mass is 9.84. The van der Waals surface area contributed by atoms with Crippen LogP contribution >= 0.6 is 0 Å². The highest BCUT2D eigenvalue weighted by Crippen LogP contribution is 2.24. The molecule has 0 spiro atoms. The zero-order valence-corrected chi connectivity index (χ0v) is 9.97. The number of aliphatic carboxylic acids is 2. The van der Waals surface area contributed by atoms with Gasteiger partial charge in [-0.25, -0.2) is 9.59 Å². The average Bonchev–Trinajstić information content (AvgIpc) is 2.37. The van der Waals surface area contributed by atoms with E-state index < -0.39 is 43.3 Å². The van der Waals surface area contributed by atoms with Gasteiger partial charge in [-0.2, -0.15) is 0 Å². The van der Waals surface area contributed by atoms with Crippen LogP contribution in [-0.4, -0.2) is 63.4 Å². The molecule has 19 heavy (non-hydrogen) atoms. The van der Waals surface area contributed by atoms with Crippen molar-refractivity contribution >= 4 is 11.9 Å². The van der Waals surface area contributed by atoms with Crippen LogP contribution in [0.25, 0.3) is 0 Å². The van der Waals surface area contributed by atoms with Gasteiger partial charge in [-0.3, -0.25) is 0 Å². The van der Waals surface area contributed by atoms with E-state index in [1.54, 1.807) is 0 Å². The number of aliphatic hydroxyl groups is 3. The van der Waals surface area contributed by atoms with Crippen LogP contribution in [0.4, 0.5) is 0 Å². The van der Waals surface area contributed by atoms with Gasteiger partial charge >= 0.3 is 11.9 Å². The van der Waals surface area contributed by atoms with Crippen LogP contribution < -0.4 is 0 Å². The van der Waals surface area contributed by atoms with Crippen LogP contribution in [-0.2, 0) is 14.3 Å². The Labute approximate surface area is 108 Å². The third kappa shape index (κ3) is 5.51. The predicted molar refractivity (Wildman–Crippen MR) is 62.1 cm³/mol. The Balaban J connectivity index is 5.12. The van der Waals surface area contributed by atoms with Gasteiger partial charge in [-0.15, -0.1) is 0 Å². The molecular formula is C11H16O8. The Morgan fingerprint density at radius 2 is 1.47 bits per heavy atom. The molecule has 5 N–H and O–H groups in total. The van der Waals surface area contributed by atoms with E-state index >= 15 is 0 Å². The van der Waals surface area contributed by atoms with Crippen molar-refractivity contribution in [2.24, 2.45) is 5.41 Å². The Morgan fingerprint density at radius 1 is 1.00 bits per heavy atom. The molecule has 0 aliphatic heterocycles. The van der Waals surface area contributed by atoms with E-state index in [4.69, 9.17) is 14.9 Å². The first-order chi connectivity index (χ1) is 8.91. The summed E-state index contributed by atoms with van der Waals surface area (Å²) in [5.41, 5.74) is -1.53. The number of rotatable bonds is 9. The Bertz CT molecular complexity index is 347. The molecule has 0 fully saturated rings. The van der Waals surface area contributed by atoms with E-state index in [9.17, 15) is 24.9 Å². The highest BCUT2D eigenvalue weighted by molar-refractivity contribution is 5.80. The fourth-order valence-corrected chi connectivity index (χ4v) is 1.17. The summed E-state index contributed by atoms with van der Waals surface area (Å²) in [6, 6.07) is 0. The number of hydrogen-bond acceptors (Lipinski definition) is 6. The lowest BCUT2D eigenvalue weighted by Gasteiger charge is -2.33. The number of ether oxygens (including phenoxy) is 1. The second-order valence-electron chi connectivity index (χ2n) is 3.73. The Hall–Kier alpha value is -1.90. The van der Waals surface area contributed by atoms with Crippen molar-refractivity contribution in [3.63, 3.8) is 0 Å². The number of hydrogen-bond donors (Lipinski definition) is 5. The standard InChI is InChI=1S/C11H16O8/c12-5-11(6-13,7-14)8(1-2-9(15)16)19-4-3-10(17)18/h1-4,8,12-14H,5-7H2,(H,15,16)(H,17,18). The van der Waals surface area contributed by atoms with Crippen LogP contribution in [0.3, 0.4) is 0 Å². The van der Waals surface area contributed by atoms with Gasteiger partial charge in [0.05, 0.1) is 37.6 Å². The molecule has 0 aliphatic rings. The van der Waals surface area contributed by atoms with Gasteiger partial charge in [-0.1, -0.05) is 0 Å². The van der Waals surface area contributed by atoms with Crippen LogP contribution in [0, 0.1) is 5.41 Å². The molecule has 8 heteroatoms. The molecule has 0 aromatic rings. The molecule has 108 valence electrons. The zero-order valence-electron chi connectivity index (χ0n) is 9.97. The highest BCUT2D eigenvalue weighted by Gasteiger charge is 2.37. The van der Waals surface area contributed by atoms with Gasteiger partial charge in [0.1, 0.15) is 6.10 Å². The highest BCUT2D eigenvalue weighted by atomic mass is 16.5. The van der Waals surface area contributed by atoms with Gasteiger partial charge < -0.3 is 30.3 Å². The normalized spacial score (nSPS) is 13.8. The Morgan fingerprint density at radius 3 is 1.84 bits per heavy atom. The molecule has 0 radical (unpaired) electrons. The second kappa shape index (κ2) is 8.25. The molecule has 0 rings (SSSR count). The molecule has 0 aromatic carbocycles. The number of carboxylic acids is 2. The van der Waals surface area contributed by atoms with Gasteiger partial charge in [0.15, 0.2) is 0 Å². The fourth-order valence-electron chi connectivity index (χ4n) is 1.17. The van der Waals surface area contributed by atoms with Crippen molar-refractivity contribution in [3.8, 4) is 0 Å². The van der Waals surface area contributed by atoms with E-state index in [2.05, 4.69) is 0 Å². The second-order valence-corrected chi connectivity index (χ2v) is 3.73. The van der Waals surface area contributed by atoms with E-state index in [-0.39, 0.29) is 0 Å². The zero-order chi connectivity index (χ0) is 14.9. The van der Waals surface area contributed by atoms with Gasteiger partial charge in [0.2, 0.25) is 0 Å². The lowest BCUT2D eigenvalue weighted by Crippen LogP contribution is -2.45. The van der Waals surface area contributed by atoms with Crippen molar-refractivity contribution in [1.82, 2.24) is 0 Å². The van der Waals surface area contributed by atoms with Gasteiger partial charge in [0.25, 0.3) is 0 Å². The molecule has 0 bridgehead atoms. The summed E-state index contributed by atoms with van der Waals surface area (Å²) in [4.78, 5) is 20.7. The summed E-state index contributed by atoms with van der Waals surface area (Å²) in [5, 5.41) is 44.5. The summed E-state index contributed by atoms with van der Waals surface area (Å²) in [7, 11) is 0. The first-order valence-electron chi connectivity index (χ1n) is 5.20. The van der Waals surface area contributed by atoms with Crippen LogP contribution in [0.5, 0.6) is 0 Å². The predicted octanol–water partition coefficient (Wildman–Crippen LogP) is -1.43. The summed E-state index contributed by atoms with van der Waals surface area (Å²) >= 11 is 0. The minimum atomic E-state index is -1.53. The number of carboxylic acid groups (broad SMARTS) is 2. The van der Waals surface area contributed by atoms with Crippen molar-refractivity contribution < 1.29 is 39.9 Å². The molecule has 0 saturated carbocycles. The summed E-state index contributed by atoms with van der Waals surface area (Å²) < 4.78 is 4.95. The largest absolute Gasteiger partial charge is 0.493 e. The molecule has 0 aliphatic carbocycles. The number of aliphatic hydroxyl groups excluding tert-OH is 3. The van der Waals surface area contributed by atoms with Gasteiger partial charge in [-0.05, 0) is 6.08 Å². The molecular weight excluding hydrogens is 260 g/mol. The van der Waals surface area contributed by atoms with Crippen molar-refractivity contribution in [1.29, 1.82) is 0 Å². The quantitative estimate of drug-likeness (QED) is 0.255. The third-order valence-corrected chi connectivity index (χ3v) is 2.40. The van der Waals surface area contributed by atoms with E-state index in [0.717, 1.165) is 12.3 Å². The van der Waals surface area contributed by atoms with Crippen molar-refractivity contribution in [2.75, 3.05) is 19.8 Å². The SMILES string of the molecule is O=C(O)C=COC(C=CC(=O)O)C(CO)(CO)CO.